The maximum absolute atomic E-state index is 12.9. The van der Waals surface area contributed by atoms with Crippen LogP contribution in [0.1, 0.15) is 34.3 Å². The fourth-order valence-electron chi connectivity index (χ4n) is 4.11. The van der Waals surface area contributed by atoms with Gasteiger partial charge in [0, 0.05) is 30.8 Å². The minimum Gasteiger partial charge on any atom is -0.389 e. The number of nitrogens with one attached hydrogen (secondary N) is 1. The molecule has 178 valence electrons. The smallest absolute Gasteiger partial charge is 0.261 e. The Labute approximate surface area is 199 Å². The molecule has 0 bridgehead atoms. The van der Waals surface area contributed by atoms with Gasteiger partial charge in [-0.3, -0.25) is 9.52 Å². The number of hydrogen-bond donors (Lipinski definition) is 2. The van der Waals surface area contributed by atoms with Crippen LogP contribution in [-0.4, -0.2) is 43.0 Å². The van der Waals surface area contributed by atoms with Gasteiger partial charge in [0.05, 0.1) is 10.5 Å². The summed E-state index contributed by atoms with van der Waals surface area (Å²) in [7, 11) is -3.83. The maximum Gasteiger partial charge on any atom is 0.261 e. The molecule has 1 saturated heterocycles. The predicted molar refractivity (Wildman–Crippen MR) is 129 cm³/mol. The summed E-state index contributed by atoms with van der Waals surface area (Å²) in [6.07, 6.45) is 1.54. The van der Waals surface area contributed by atoms with Crippen LogP contribution < -0.4 is 4.72 Å². The molecule has 0 atom stereocenters. The summed E-state index contributed by atoms with van der Waals surface area (Å²) in [4.78, 5) is 14.7. The lowest BCUT2D eigenvalue weighted by atomic mass is 9.85. The second kappa shape index (κ2) is 9.95. The number of amides is 1. The topological polar surface area (TPSA) is 86.7 Å². The van der Waals surface area contributed by atoms with E-state index >= 15 is 0 Å². The molecule has 1 aliphatic rings. The van der Waals surface area contributed by atoms with Gasteiger partial charge in [-0.2, -0.15) is 0 Å². The van der Waals surface area contributed by atoms with Gasteiger partial charge in [-0.05, 0) is 60.4 Å². The first-order chi connectivity index (χ1) is 16.3. The molecule has 0 spiro atoms. The van der Waals surface area contributed by atoms with Crippen molar-refractivity contribution in [3.63, 3.8) is 0 Å². The number of likely N-dealkylation sites (tertiary alicyclic amines) is 1. The second-order valence-corrected chi connectivity index (χ2v) is 10.3. The van der Waals surface area contributed by atoms with Gasteiger partial charge in [0.1, 0.15) is 6.67 Å². The minimum atomic E-state index is -3.83. The number of sulfonamides is 1. The molecule has 0 saturated carbocycles. The summed E-state index contributed by atoms with van der Waals surface area (Å²) in [6.45, 7) is 0.240. The van der Waals surface area contributed by atoms with Crippen molar-refractivity contribution >= 4 is 21.6 Å². The molecule has 3 aromatic rings. The first-order valence-corrected chi connectivity index (χ1v) is 12.6. The van der Waals surface area contributed by atoms with Crippen LogP contribution in [-0.2, 0) is 23.1 Å². The molecule has 0 unspecified atom stereocenters. The Morgan fingerprint density at radius 3 is 2.12 bits per heavy atom. The summed E-state index contributed by atoms with van der Waals surface area (Å²) in [5.41, 5.74) is 1.41. The summed E-state index contributed by atoms with van der Waals surface area (Å²) in [5, 5.41) is 10.9. The van der Waals surface area contributed by atoms with Crippen molar-refractivity contribution in [1.82, 2.24) is 4.90 Å². The number of halogens is 1. The van der Waals surface area contributed by atoms with Crippen molar-refractivity contribution in [2.75, 3.05) is 17.8 Å². The Morgan fingerprint density at radius 2 is 1.53 bits per heavy atom. The Hall–Kier alpha value is -3.23. The van der Waals surface area contributed by atoms with E-state index in [1.54, 1.807) is 17.0 Å². The van der Waals surface area contributed by atoms with E-state index in [2.05, 4.69) is 4.72 Å². The van der Waals surface area contributed by atoms with E-state index in [0.29, 0.717) is 49.2 Å². The average Bonchev–Trinajstić information content (AvgIpc) is 2.85. The molecule has 1 fully saturated rings. The summed E-state index contributed by atoms with van der Waals surface area (Å²) >= 11 is 0. The number of anilines is 1. The molecule has 34 heavy (non-hydrogen) atoms. The summed E-state index contributed by atoms with van der Waals surface area (Å²) in [5.74, 6) is -0.155. The molecule has 0 radical (unpaired) electrons. The summed E-state index contributed by atoms with van der Waals surface area (Å²) < 4.78 is 40.2. The van der Waals surface area contributed by atoms with Gasteiger partial charge in [-0.15, -0.1) is 0 Å². The zero-order chi connectivity index (χ0) is 24.2. The van der Waals surface area contributed by atoms with Gasteiger partial charge in [-0.1, -0.05) is 42.5 Å². The highest BCUT2D eigenvalue weighted by atomic mass is 32.2. The largest absolute Gasteiger partial charge is 0.389 e. The lowest BCUT2D eigenvalue weighted by molar-refractivity contribution is -0.0162. The van der Waals surface area contributed by atoms with Gasteiger partial charge >= 0.3 is 0 Å². The third kappa shape index (κ3) is 5.63. The van der Waals surface area contributed by atoms with Gasteiger partial charge < -0.3 is 10.0 Å². The Bertz CT molecular complexity index is 1220. The zero-order valence-corrected chi connectivity index (χ0v) is 19.5. The average molecular weight is 483 g/mol. The second-order valence-electron chi connectivity index (χ2n) is 8.64. The molecule has 1 amide bonds. The number of piperidine rings is 1. The number of alkyl halides is 1. The fourth-order valence-corrected chi connectivity index (χ4v) is 5.17. The van der Waals surface area contributed by atoms with Crippen molar-refractivity contribution in [1.29, 1.82) is 0 Å². The molecule has 4 rings (SSSR count). The van der Waals surface area contributed by atoms with Crippen molar-refractivity contribution in [2.24, 2.45) is 0 Å². The standard InChI is InChI=1S/C26H27FN2O4S/c27-19-21-6-12-24(13-7-21)34(32,33)28-23-10-8-22(9-11-23)25(30)29-16-14-26(31,15-17-29)18-20-4-2-1-3-5-20/h1-13,28,31H,14-19H2. The van der Waals surface area contributed by atoms with E-state index in [1.165, 1.54) is 36.4 Å². The van der Waals surface area contributed by atoms with E-state index in [1.807, 2.05) is 30.3 Å². The molecule has 8 heteroatoms. The molecule has 0 aliphatic carbocycles. The number of benzene rings is 3. The molecule has 0 aromatic heterocycles. The molecular formula is C26H27FN2O4S. The van der Waals surface area contributed by atoms with Crippen LogP contribution in [0.2, 0.25) is 0 Å². The highest BCUT2D eigenvalue weighted by Crippen LogP contribution is 2.27. The molecule has 2 N–H and O–H groups in total. The number of hydrogen-bond acceptors (Lipinski definition) is 4. The monoisotopic (exact) mass is 482 g/mol. The Kier molecular flexibility index (Phi) is 7.00. The highest BCUT2D eigenvalue weighted by molar-refractivity contribution is 7.92. The third-order valence-electron chi connectivity index (χ3n) is 6.13. The quantitative estimate of drug-likeness (QED) is 0.529. The van der Waals surface area contributed by atoms with E-state index < -0.39 is 22.3 Å². The Balaban J connectivity index is 1.36. The normalized spacial score (nSPS) is 15.6. The molecule has 6 nitrogen and oxygen atoms in total. The van der Waals surface area contributed by atoms with E-state index in [0.717, 1.165) is 5.56 Å². The van der Waals surface area contributed by atoms with E-state index in [9.17, 15) is 22.7 Å². The number of rotatable bonds is 7. The maximum atomic E-state index is 12.9. The minimum absolute atomic E-state index is 0.0289. The number of carbonyl (C=O) groups excluding carboxylic acids is 1. The van der Waals surface area contributed by atoms with Gasteiger partial charge in [-0.25, -0.2) is 12.8 Å². The lowest BCUT2D eigenvalue weighted by Crippen LogP contribution is -2.47. The number of nitrogens with zero attached hydrogens (tertiary/aromatic N) is 1. The number of carbonyl (C=O) groups is 1. The molecule has 3 aromatic carbocycles. The summed E-state index contributed by atoms with van der Waals surface area (Å²) in [6, 6.07) is 21.6. The third-order valence-corrected chi connectivity index (χ3v) is 7.53. The number of aliphatic hydroxyl groups is 1. The van der Waals surface area contributed by atoms with Crippen LogP contribution in [0.25, 0.3) is 0 Å². The van der Waals surface area contributed by atoms with Gasteiger partial charge in [0.25, 0.3) is 15.9 Å². The van der Waals surface area contributed by atoms with Crippen molar-refractivity contribution < 1.29 is 22.7 Å². The Morgan fingerprint density at radius 1 is 0.912 bits per heavy atom. The van der Waals surface area contributed by atoms with Crippen LogP contribution in [0.4, 0.5) is 10.1 Å². The van der Waals surface area contributed by atoms with E-state index in [4.69, 9.17) is 0 Å². The van der Waals surface area contributed by atoms with Crippen LogP contribution >= 0.6 is 0 Å². The van der Waals surface area contributed by atoms with Crippen LogP contribution in [0.5, 0.6) is 0 Å². The lowest BCUT2D eigenvalue weighted by Gasteiger charge is -2.38. The van der Waals surface area contributed by atoms with Gasteiger partial charge in [0.2, 0.25) is 0 Å². The van der Waals surface area contributed by atoms with Crippen LogP contribution in [0, 0.1) is 0 Å². The van der Waals surface area contributed by atoms with Crippen molar-refractivity contribution in [2.45, 2.75) is 36.4 Å². The van der Waals surface area contributed by atoms with Crippen LogP contribution in [0.3, 0.4) is 0 Å². The first kappa shape index (κ1) is 23.9. The highest BCUT2D eigenvalue weighted by Gasteiger charge is 2.34. The molecular weight excluding hydrogens is 455 g/mol. The van der Waals surface area contributed by atoms with Crippen LogP contribution in [0.15, 0.2) is 83.8 Å². The zero-order valence-electron chi connectivity index (χ0n) is 18.7. The van der Waals surface area contributed by atoms with E-state index in [-0.39, 0.29) is 10.8 Å². The molecule has 1 heterocycles. The van der Waals surface area contributed by atoms with Crippen molar-refractivity contribution in [3.05, 3.63) is 95.6 Å². The first-order valence-electron chi connectivity index (χ1n) is 11.1. The van der Waals surface area contributed by atoms with Crippen molar-refractivity contribution in [3.8, 4) is 0 Å². The van der Waals surface area contributed by atoms with Gasteiger partial charge in [0.15, 0.2) is 0 Å². The predicted octanol–water partition coefficient (Wildman–Crippen LogP) is 4.17. The molecule has 1 aliphatic heterocycles. The fraction of sp³-hybridized carbons (Fsp3) is 0.269. The SMILES string of the molecule is O=C(c1ccc(NS(=O)(=O)c2ccc(CF)cc2)cc1)N1CCC(O)(Cc2ccccc2)CC1.